The van der Waals surface area contributed by atoms with Crippen LogP contribution in [0.2, 0.25) is 0 Å². The second-order valence-electron chi connectivity index (χ2n) is 5.81. The van der Waals surface area contributed by atoms with Crippen molar-refractivity contribution in [1.29, 1.82) is 0 Å². The number of carbonyl (C=O) groups is 1. The minimum Gasteiger partial charge on any atom is -0.481 e. The number of hydrogen-bond acceptors (Lipinski definition) is 5. The lowest BCUT2D eigenvalue weighted by atomic mass is 9.97. The second kappa shape index (κ2) is 5.49. The van der Waals surface area contributed by atoms with E-state index in [4.69, 9.17) is 14.6 Å². The Balaban J connectivity index is 1.50. The van der Waals surface area contributed by atoms with E-state index in [9.17, 15) is 4.79 Å². The van der Waals surface area contributed by atoms with Crippen molar-refractivity contribution in [1.82, 2.24) is 10.2 Å². The standard InChI is InChI=1S/C16H17N3O4/c20-16(21)10-3-5-19(6-4-10)15-8-12(17-18-15)11-1-2-13-14(7-11)23-9-22-13/h1-2,7-8,10H,3-6,9H2,(H,17,18)(H,20,21). The molecule has 1 fully saturated rings. The fourth-order valence-corrected chi connectivity index (χ4v) is 3.04. The normalized spacial score (nSPS) is 17.5. The van der Waals surface area contributed by atoms with Crippen LogP contribution in [0.15, 0.2) is 24.3 Å². The van der Waals surface area contributed by atoms with Gasteiger partial charge < -0.3 is 19.5 Å². The zero-order valence-electron chi connectivity index (χ0n) is 12.5. The average molecular weight is 315 g/mol. The lowest BCUT2D eigenvalue weighted by molar-refractivity contribution is -0.142. The topological polar surface area (TPSA) is 87.7 Å². The Morgan fingerprint density at radius 1 is 1.22 bits per heavy atom. The largest absolute Gasteiger partial charge is 0.481 e. The van der Waals surface area contributed by atoms with Crippen LogP contribution in [0.3, 0.4) is 0 Å². The van der Waals surface area contributed by atoms with Crippen molar-refractivity contribution in [3.05, 3.63) is 24.3 Å². The van der Waals surface area contributed by atoms with E-state index in [1.807, 2.05) is 24.3 Å². The maximum absolute atomic E-state index is 11.0. The number of anilines is 1. The number of carboxylic acid groups (broad SMARTS) is 1. The monoisotopic (exact) mass is 315 g/mol. The summed E-state index contributed by atoms with van der Waals surface area (Å²) in [5, 5.41) is 16.5. The molecule has 3 heterocycles. The number of H-pyrrole nitrogens is 1. The highest BCUT2D eigenvalue weighted by atomic mass is 16.7. The fourth-order valence-electron chi connectivity index (χ4n) is 3.04. The van der Waals surface area contributed by atoms with Crippen molar-refractivity contribution < 1.29 is 19.4 Å². The molecule has 23 heavy (non-hydrogen) atoms. The molecule has 2 aromatic rings. The minimum atomic E-state index is -0.701. The minimum absolute atomic E-state index is 0.237. The van der Waals surface area contributed by atoms with E-state index in [1.54, 1.807) is 0 Å². The van der Waals surface area contributed by atoms with Crippen molar-refractivity contribution in [3.63, 3.8) is 0 Å². The predicted octanol–water partition coefficient (Wildman–Crippen LogP) is 2.11. The van der Waals surface area contributed by atoms with Gasteiger partial charge in [0.25, 0.3) is 0 Å². The molecule has 0 bridgehead atoms. The lowest BCUT2D eigenvalue weighted by Gasteiger charge is -2.29. The maximum atomic E-state index is 11.0. The fraction of sp³-hybridized carbons (Fsp3) is 0.375. The van der Waals surface area contributed by atoms with Gasteiger partial charge in [-0.1, -0.05) is 0 Å². The van der Waals surface area contributed by atoms with Crippen LogP contribution in [0.4, 0.5) is 5.82 Å². The Morgan fingerprint density at radius 2 is 2.00 bits per heavy atom. The molecular weight excluding hydrogens is 298 g/mol. The van der Waals surface area contributed by atoms with Gasteiger partial charge >= 0.3 is 5.97 Å². The van der Waals surface area contributed by atoms with Gasteiger partial charge in [-0.3, -0.25) is 9.89 Å². The number of hydrogen-bond donors (Lipinski definition) is 2. The summed E-state index contributed by atoms with van der Waals surface area (Å²) in [5.74, 6) is 1.40. The number of benzene rings is 1. The smallest absolute Gasteiger partial charge is 0.306 e. The number of ether oxygens (including phenoxy) is 2. The Kier molecular flexibility index (Phi) is 3.33. The number of fused-ring (bicyclic) bond motifs is 1. The molecule has 0 spiro atoms. The first-order valence-electron chi connectivity index (χ1n) is 7.64. The molecule has 0 amide bonds. The quantitative estimate of drug-likeness (QED) is 0.902. The summed E-state index contributed by atoms with van der Waals surface area (Å²) in [6.45, 7) is 1.68. The highest BCUT2D eigenvalue weighted by Gasteiger charge is 2.25. The summed E-state index contributed by atoms with van der Waals surface area (Å²) in [4.78, 5) is 13.1. The molecule has 1 aromatic heterocycles. The average Bonchev–Trinajstić information content (AvgIpc) is 3.23. The molecule has 0 radical (unpaired) electrons. The van der Waals surface area contributed by atoms with Crippen LogP contribution in [0.5, 0.6) is 11.5 Å². The Morgan fingerprint density at radius 3 is 2.78 bits per heavy atom. The van der Waals surface area contributed by atoms with Crippen molar-refractivity contribution in [2.75, 3.05) is 24.8 Å². The van der Waals surface area contributed by atoms with Crippen LogP contribution in [-0.2, 0) is 4.79 Å². The number of nitrogens with zero attached hydrogens (tertiary/aromatic N) is 2. The highest BCUT2D eigenvalue weighted by Crippen LogP contribution is 2.36. The summed E-state index contributed by atoms with van der Waals surface area (Å²) in [7, 11) is 0. The van der Waals surface area contributed by atoms with Gasteiger partial charge in [0.1, 0.15) is 0 Å². The number of aromatic nitrogens is 2. The third-order valence-electron chi connectivity index (χ3n) is 4.42. The SMILES string of the molecule is O=C(O)C1CCN(c2cc(-c3ccc4c(c3)OCO4)[nH]n2)CC1. The van der Waals surface area contributed by atoms with E-state index in [0.29, 0.717) is 25.9 Å². The van der Waals surface area contributed by atoms with Gasteiger partial charge in [-0.25, -0.2) is 0 Å². The number of aliphatic carboxylic acids is 1. The first-order chi connectivity index (χ1) is 11.2. The van der Waals surface area contributed by atoms with Crippen LogP contribution in [0.1, 0.15) is 12.8 Å². The molecule has 0 unspecified atom stereocenters. The van der Waals surface area contributed by atoms with Crippen molar-refractivity contribution in [2.24, 2.45) is 5.92 Å². The molecule has 2 N–H and O–H groups in total. The van der Waals surface area contributed by atoms with E-state index < -0.39 is 5.97 Å². The van der Waals surface area contributed by atoms with Gasteiger partial charge in [0.15, 0.2) is 17.3 Å². The Hall–Kier alpha value is -2.70. The van der Waals surface area contributed by atoms with E-state index in [1.165, 1.54) is 0 Å². The lowest BCUT2D eigenvalue weighted by Crippen LogP contribution is -2.36. The molecule has 0 aliphatic carbocycles. The van der Waals surface area contributed by atoms with Crippen molar-refractivity contribution in [2.45, 2.75) is 12.8 Å². The summed E-state index contributed by atoms with van der Waals surface area (Å²) < 4.78 is 10.7. The number of carboxylic acids is 1. The number of piperidine rings is 1. The molecule has 1 saturated heterocycles. The van der Waals surface area contributed by atoms with Crippen LogP contribution in [0.25, 0.3) is 11.3 Å². The zero-order valence-corrected chi connectivity index (χ0v) is 12.5. The number of nitrogens with one attached hydrogen (secondary N) is 1. The maximum Gasteiger partial charge on any atom is 0.306 e. The molecule has 0 atom stereocenters. The molecule has 0 saturated carbocycles. The third-order valence-corrected chi connectivity index (χ3v) is 4.42. The van der Waals surface area contributed by atoms with E-state index in [2.05, 4.69) is 15.1 Å². The number of rotatable bonds is 3. The summed E-state index contributed by atoms with van der Waals surface area (Å²) in [6.07, 6.45) is 1.31. The molecule has 1 aromatic carbocycles. The van der Waals surface area contributed by atoms with E-state index >= 15 is 0 Å². The van der Waals surface area contributed by atoms with Gasteiger partial charge in [0, 0.05) is 24.7 Å². The van der Waals surface area contributed by atoms with Crippen molar-refractivity contribution >= 4 is 11.8 Å². The molecule has 4 rings (SSSR count). The first-order valence-corrected chi connectivity index (χ1v) is 7.64. The first kappa shape index (κ1) is 13.9. The molecule has 7 heteroatoms. The molecule has 2 aliphatic rings. The molecule has 120 valence electrons. The number of aromatic amines is 1. The Labute approximate surface area is 132 Å². The molecule has 2 aliphatic heterocycles. The molecular formula is C16H17N3O4. The van der Waals surface area contributed by atoms with Gasteiger partial charge in [-0.15, -0.1) is 0 Å². The van der Waals surface area contributed by atoms with Crippen LogP contribution < -0.4 is 14.4 Å². The van der Waals surface area contributed by atoms with Crippen LogP contribution >= 0.6 is 0 Å². The van der Waals surface area contributed by atoms with Crippen molar-refractivity contribution in [3.8, 4) is 22.8 Å². The van der Waals surface area contributed by atoms with Crippen LogP contribution in [0, 0.1) is 5.92 Å². The van der Waals surface area contributed by atoms with Crippen LogP contribution in [-0.4, -0.2) is 41.2 Å². The predicted molar refractivity (Wildman–Crippen MR) is 82.7 cm³/mol. The summed E-state index contributed by atoms with van der Waals surface area (Å²) in [5.41, 5.74) is 1.88. The van der Waals surface area contributed by atoms with Gasteiger partial charge in [-0.2, -0.15) is 5.10 Å². The summed E-state index contributed by atoms with van der Waals surface area (Å²) in [6, 6.07) is 7.76. The van der Waals surface area contributed by atoms with Gasteiger partial charge in [0.2, 0.25) is 6.79 Å². The second-order valence-corrected chi connectivity index (χ2v) is 5.81. The van der Waals surface area contributed by atoms with E-state index in [0.717, 1.165) is 28.6 Å². The highest BCUT2D eigenvalue weighted by molar-refractivity contribution is 5.71. The zero-order chi connectivity index (χ0) is 15.8. The Bertz CT molecular complexity index is 735. The molecule has 7 nitrogen and oxygen atoms in total. The van der Waals surface area contributed by atoms with Gasteiger partial charge in [-0.05, 0) is 31.0 Å². The third kappa shape index (κ3) is 2.58. The van der Waals surface area contributed by atoms with Gasteiger partial charge in [0.05, 0.1) is 11.6 Å². The summed E-state index contributed by atoms with van der Waals surface area (Å²) >= 11 is 0. The van der Waals surface area contributed by atoms with E-state index in [-0.39, 0.29) is 12.7 Å².